The van der Waals surface area contributed by atoms with E-state index in [9.17, 15) is 14.4 Å². The minimum absolute atomic E-state index is 0.121. The Morgan fingerprint density at radius 3 is 2.60 bits per heavy atom. The normalized spacial score (nSPS) is 22.5. The molecule has 2 atom stereocenters. The number of rotatable bonds is 5. The summed E-state index contributed by atoms with van der Waals surface area (Å²) in [5.74, 6) is 0.202. The highest BCUT2D eigenvalue weighted by atomic mass is 16.7. The van der Waals surface area contributed by atoms with Crippen molar-refractivity contribution in [2.75, 3.05) is 18.2 Å². The van der Waals surface area contributed by atoms with Crippen LogP contribution in [-0.4, -0.2) is 43.1 Å². The summed E-state index contributed by atoms with van der Waals surface area (Å²) in [6, 6.07) is 4.86. The zero-order chi connectivity index (χ0) is 21.1. The number of hydrogen-bond donors (Lipinski definition) is 2. The lowest BCUT2D eigenvalue weighted by Crippen LogP contribution is -2.49. The lowest BCUT2D eigenvalue weighted by molar-refractivity contribution is -0.131. The minimum Gasteiger partial charge on any atom is -0.454 e. The van der Waals surface area contributed by atoms with E-state index in [-0.39, 0.29) is 43.5 Å². The first kappa shape index (κ1) is 20.5. The zero-order valence-electron chi connectivity index (χ0n) is 17.3. The zero-order valence-corrected chi connectivity index (χ0v) is 17.3. The van der Waals surface area contributed by atoms with E-state index in [1.807, 2.05) is 0 Å². The summed E-state index contributed by atoms with van der Waals surface area (Å²) in [5, 5.41) is 5.85. The number of nitrogens with one attached hydrogen (secondary N) is 2. The quantitative estimate of drug-likeness (QED) is 0.718. The molecule has 2 heterocycles. The maximum atomic E-state index is 12.7. The summed E-state index contributed by atoms with van der Waals surface area (Å²) in [7, 11) is 0. The van der Waals surface area contributed by atoms with Crippen LogP contribution in [0.2, 0.25) is 0 Å². The fraction of sp³-hybridized carbons (Fsp3) is 0.591. The average molecular weight is 415 g/mol. The smallest absolute Gasteiger partial charge is 0.242 e. The van der Waals surface area contributed by atoms with Gasteiger partial charge < -0.3 is 25.0 Å². The summed E-state index contributed by atoms with van der Waals surface area (Å²) in [4.78, 5) is 39.3. The molecule has 1 aromatic carbocycles. The first-order valence-corrected chi connectivity index (χ1v) is 10.8. The standard InChI is InChI=1S/C22H29N3O5/c1-14(21(27)24-16-6-4-2-3-5-7-16)23-22(28)15-10-20(26)25(12-15)17-8-9-18-19(11-17)30-13-29-18/h8-9,11,14-16H,2-7,10,12-13H2,1H3,(H,23,28)(H,24,27)/t14-,15-/m0/s1. The second-order valence-electron chi connectivity index (χ2n) is 8.37. The van der Waals surface area contributed by atoms with Crippen molar-refractivity contribution in [3.05, 3.63) is 18.2 Å². The molecule has 2 aliphatic heterocycles. The molecule has 1 aromatic rings. The molecule has 8 heteroatoms. The van der Waals surface area contributed by atoms with Gasteiger partial charge in [0.2, 0.25) is 24.5 Å². The van der Waals surface area contributed by atoms with Gasteiger partial charge in [-0.3, -0.25) is 14.4 Å². The van der Waals surface area contributed by atoms with Crippen LogP contribution in [0.4, 0.5) is 5.69 Å². The van der Waals surface area contributed by atoms with E-state index >= 15 is 0 Å². The van der Waals surface area contributed by atoms with Crippen LogP contribution >= 0.6 is 0 Å². The summed E-state index contributed by atoms with van der Waals surface area (Å²) in [6.07, 6.45) is 6.80. The van der Waals surface area contributed by atoms with Gasteiger partial charge in [0, 0.05) is 30.8 Å². The number of amides is 3. The molecular weight excluding hydrogens is 386 g/mol. The Morgan fingerprint density at radius 2 is 1.83 bits per heavy atom. The monoisotopic (exact) mass is 415 g/mol. The predicted octanol–water partition coefficient (Wildman–Crippen LogP) is 2.11. The number of nitrogens with zero attached hydrogens (tertiary/aromatic N) is 1. The molecule has 30 heavy (non-hydrogen) atoms. The Bertz CT molecular complexity index is 819. The maximum absolute atomic E-state index is 12.7. The summed E-state index contributed by atoms with van der Waals surface area (Å²) in [5.41, 5.74) is 0.679. The Hall–Kier alpha value is -2.77. The fourth-order valence-corrected chi connectivity index (χ4v) is 4.33. The average Bonchev–Trinajstić information content (AvgIpc) is 3.27. The third-order valence-electron chi connectivity index (χ3n) is 6.12. The van der Waals surface area contributed by atoms with Crippen LogP contribution in [0.25, 0.3) is 0 Å². The number of anilines is 1. The van der Waals surface area contributed by atoms with E-state index in [2.05, 4.69) is 10.6 Å². The number of hydrogen-bond acceptors (Lipinski definition) is 5. The molecule has 0 unspecified atom stereocenters. The Kier molecular flexibility index (Phi) is 6.11. The first-order chi connectivity index (χ1) is 14.5. The van der Waals surface area contributed by atoms with Crippen LogP contribution < -0.4 is 25.0 Å². The predicted molar refractivity (Wildman–Crippen MR) is 110 cm³/mol. The number of ether oxygens (including phenoxy) is 2. The topological polar surface area (TPSA) is 97.0 Å². The van der Waals surface area contributed by atoms with E-state index in [0.29, 0.717) is 17.2 Å². The van der Waals surface area contributed by atoms with Crippen LogP contribution in [0.3, 0.4) is 0 Å². The highest BCUT2D eigenvalue weighted by molar-refractivity contribution is 6.01. The molecule has 0 spiro atoms. The minimum atomic E-state index is -0.629. The van der Waals surface area contributed by atoms with E-state index in [0.717, 1.165) is 25.7 Å². The third-order valence-corrected chi connectivity index (χ3v) is 6.12. The molecule has 1 aliphatic carbocycles. The lowest BCUT2D eigenvalue weighted by atomic mass is 10.1. The summed E-state index contributed by atoms with van der Waals surface area (Å²) >= 11 is 0. The number of carbonyl (C=O) groups is 3. The lowest BCUT2D eigenvalue weighted by Gasteiger charge is -2.21. The van der Waals surface area contributed by atoms with Gasteiger partial charge in [-0.15, -0.1) is 0 Å². The van der Waals surface area contributed by atoms with Gasteiger partial charge in [0.1, 0.15) is 6.04 Å². The summed E-state index contributed by atoms with van der Waals surface area (Å²) < 4.78 is 10.7. The van der Waals surface area contributed by atoms with Crippen molar-refractivity contribution in [1.29, 1.82) is 0 Å². The van der Waals surface area contributed by atoms with Gasteiger partial charge in [-0.2, -0.15) is 0 Å². The number of fused-ring (bicyclic) bond motifs is 1. The Balaban J connectivity index is 1.31. The molecule has 0 aromatic heterocycles. The van der Waals surface area contributed by atoms with E-state index < -0.39 is 12.0 Å². The van der Waals surface area contributed by atoms with Gasteiger partial charge in [-0.1, -0.05) is 25.7 Å². The largest absolute Gasteiger partial charge is 0.454 e. The highest BCUT2D eigenvalue weighted by Crippen LogP contribution is 2.37. The van der Waals surface area contributed by atoms with Crippen molar-refractivity contribution in [3.63, 3.8) is 0 Å². The van der Waals surface area contributed by atoms with Crippen LogP contribution in [0.15, 0.2) is 18.2 Å². The van der Waals surface area contributed by atoms with Crippen LogP contribution in [0, 0.1) is 5.92 Å². The molecule has 4 rings (SSSR count). The van der Waals surface area contributed by atoms with Crippen molar-refractivity contribution in [2.24, 2.45) is 5.92 Å². The van der Waals surface area contributed by atoms with Crippen LogP contribution in [0.5, 0.6) is 11.5 Å². The molecule has 1 saturated carbocycles. The SMILES string of the molecule is C[C@H](NC(=O)[C@H]1CC(=O)N(c2ccc3c(c2)OCO3)C1)C(=O)NC1CCCCCC1. The van der Waals surface area contributed by atoms with Gasteiger partial charge in [0.25, 0.3) is 0 Å². The maximum Gasteiger partial charge on any atom is 0.242 e. The van der Waals surface area contributed by atoms with Crippen molar-refractivity contribution < 1.29 is 23.9 Å². The van der Waals surface area contributed by atoms with Gasteiger partial charge in [0.15, 0.2) is 11.5 Å². The van der Waals surface area contributed by atoms with Crippen molar-refractivity contribution >= 4 is 23.4 Å². The van der Waals surface area contributed by atoms with Crippen molar-refractivity contribution in [1.82, 2.24) is 10.6 Å². The van der Waals surface area contributed by atoms with Crippen molar-refractivity contribution in [2.45, 2.75) is 64.0 Å². The molecule has 2 N–H and O–H groups in total. The highest BCUT2D eigenvalue weighted by Gasteiger charge is 2.36. The fourth-order valence-electron chi connectivity index (χ4n) is 4.33. The van der Waals surface area contributed by atoms with Gasteiger partial charge in [-0.25, -0.2) is 0 Å². The van der Waals surface area contributed by atoms with Crippen LogP contribution in [0.1, 0.15) is 51.9 Å². The second-order valence-corrected chi connectivity index (χ2v) is 8.37. The van der Waals surface area contributed by atoms with Crippen LogP contribution in [-0.2, 0) is 14.4 Å². The van der Waals surface area contributed by atoms with Crippen molar-refractivity contribution in [3.8, 4) is 11.5 Å². The molecule has 8 nitrogen and oxygen atoms in total. The molecule has 3 aliphatic rings. The van der Waals surface area contributed by atoms with E-state index in [1.165, 1.54) is 12.8 Å². The van der Waals surface area contributed by atoms with Gasteiger partial charge in [-0.05, 0) is 31.9 Å². The molecule has 162 valence electrons. The molecule has 3 amide bonds. The van der Waals surface area contributed by atoms with E-state index in [4.69, 9.17) is 9.47 Å². The molecular formula is C22H29N3O5. The van der Waals surface area contributed by atoms with Gasteiger partial charge >= 0.3 is 0 Å². The third kappa shape index (κ3) is 4.52. The summed E-state index contributed by atoms with van der Waals surface area (Å²) in [6.45, 7) is 2.14. The molecule has 0 radical (unpaired) electrons. The molecule has 1 saturated heterocycles. The molecule has 2 fully saturated rings. The second kappa shape index (κ2) is 8.93. The van der Waals surface area contributed by atoms with Gasteiger partial charge in [0.05, 0.1) is 5.92 Å². The Morgan fingerprint density at radius 1 is 1.10 bits per heavy atom. The Labute approximate surface area is 176 Å². The number of benzene rings is 1. The van der Waals surface area contributed by atoms with E-state index in [1.54, 1.807) is 30.0 Å². The first-order valence-electron chi connectivity index (χ1n) is 10.8. The number of carbonyl (C=O) groups excluding carboxylic acids is 3. The molecule has 0 bridgehead atoms.